The molecule has 0 saturated heterocycles. The largest absolute Gasteiger partial charge is 0.359 e. The molecule has 0 aliphatic rings. The Labute approximate surface area is 92.8 Å². The first-order valence-corrected chi connectivity index (χ1v) is 4.95. The molecule has 1 rings (SSSR count). The SMILES string of the molecule is CCCN(C)c1cc([N+](=O)[O-])cc(Cl)n1. The van der Waals surface area contributed by atoms with E-state index in [9.17, 15) is 10.1 Å². The first kappa shape index (κ1) is 11.7. The van der Waals surface area contributed by atoms with Gasteiger partial charge in [-0.05, 0) is 6.42 Å². The molecule has 5 nitrogen and oxygen atoms in total. The van der Waals surface area contributed by atoms with E-state index >= 15 is 0 Å². The van der Waals surface area contributed by atoms with Crippen LogP contribution < -0.4 is 4.90 Å². The summed E-state index contributed by atoms with van der Waals surface area (Å²) in [6.07, 6.45) is 0.943. The molecule has 1 aromatic rings. The third-order valence-electron chi connectivity index (χ3n) is 1.93. The highest BCUT2D eigenvalue weighted by molar-refractivity contribution is 6.29. The number of nitro groups is 1. The van der Waals surface area contributed by atoms with Crippen LogP contribution in [0.4, 0.5) is 11.5 Å². The van der Waals surface area contributed by atoms with Crippen molar-refractivity contribution < 1.29 is 4.92 Å². The Morgan fingerprint density at radius 3 is 2.80 bits per heavy atom. The third-order valence-corrected chi connectivity index (χ3v) is 2.12. The molecule has 0 fully saturated rings. The molecule has 1 aromatic heterocycles. The second kappa shape index (κ2) is 4.93. The van der Waals surface area contributed by atoms with Gasteiger partial charge in [-0.3, -0.25) is 10.1 Å². The van der Waals surface area contributed by atoms with E-state index in [2.05, 4.69) is 4.98 Å². The summed E-state index contributed by atoms with van der Waals surface area (Å²) in [5, 5.41) is 10.7. The molecule has 0 amide bonds. The fourth-order valence-corrected chi connectivity index (χ4v) is 1.42. The Hall–Kier alpha value is -1.36. The number of halogens is 1. The Bertz CT molecular complexity index is 370. The normalized spacial score (nSPS) is 10.1. The predicted molar refractivity (Wildman–Crippen MR) is 59.5 cm³/mol. The van der Waals surface area contributed by atoms with Crippen molar-refractivity contribution in [2.45, 2.75) is 13.3 Å². The van der Waals surface area contributed by atoms with E-state index < -0.39 is 4.92 Å². The van der Waals surface area contributed by atoms with Gasteiger partial charge in [-0.15, -0.1) is 0 Å². The first-order chi connectivity index (χ1) is 7.04. The lowest BCUT2D eigenvalue weighted by Crippen LogP contribution is -2.19. The highest BCUT2D eigenvalue weighted by Gasteiger charge is 2.12. The third kappa shape index (κ3) is 3.06. The highest BCUT2D eigenvalue weighted by Crippen LogP contribution is 2.22. The molecule has 0 radical (unpaired) electrons. The maximum absolute atomic E-state index is 10.6. The summed E-state index contributed by atoms with van der Waals surface area (Å²) in [6.45, 7) is 2.81. The van der Waals surface area contributed by atoms with E-state index in [4.69, 9.17) is 11.6 Å². The first-order valence-electron chi connectivity index (χ1n) is 4.57. The van der Waals surface area contributed by atoms with Crippen molar-refractivity contribution in [2.75, 3.05) is 18.5 Å². The molecule has 82 valence electrons. The van der Waals surface area contributed by atoms with Crippen molar-refractivity contribution in [1.29, 1.82) is 0 Å². The van der Waals surface area contributed by atoms with Crippen molar-refractivity contribution in [3.63, 3.8) is 0 Å². The maximum atomic E-state index is 10.6. The quantitative estimate of drug-likeness (QED) is 0.452. The fourth-order valence-electron chi connectivity index (χ4n) is 1.22. The Morgan fingerprint density at radius 2 is 2.27 bits per heavy atom. The lowest BCUT2D eigenvalue weighted by Gasteiger charge is -2.16. The summed E-state index contributed by atoms with van der Waals surface area (Å²) in [6, 6.07) is 2.66. The Kier molecular flexibility index (Phi) is 3.85. The summed E-state index contributed by atoms with van der Waals surface area (Å²) in [4.78, 5) is 16.0. The minimum Gasteiger partial charge on any atom is -0.359 e. The minimum absolute atomic E-state index is 0.0343. The van der Waals surface area contributed by atoms with Crippen LogP contribution in [0.2, 0.25) is 5.15 Å². The van der Waals surface area contributed by atoms with Crippen LogP contribution in [0.3, 0.4) is 0 Å². The molecule has 0 N–H and O–H groups in total. The van der Waals surface area contributed by atoms with Gasteiger partial charge in [0.25, 0.3) is 5.69 Å². The van der Waals surface area contributed by atoms with Gasteiger partial charge in [0.2, 0.25) is 0 Å². The molecule has 0 aliphatic heterocycles. The van der Waals surface area contributed by atoms with Crippen molar-refractivity contribution >= 4 is 23.1 Å². The molecule has 15 heavy (non-hydrogen) atoms. The van der Waals surface area contributed by atoms with Crippen LogP contribution in [0.5, 0.6) is 0 Å². The predicted octanol–water partition coefficient (Wildman–Crippen LogP) is 2.49. The van der Waals surface area contributed by atoms with Crippen LogP contribution in [-0.2, 0) is 0 Å². The van der Waals surface area contributed by atoms with Crippen molar-refractivity contribution in [3.8, 4) is 0 Å². The van der Waals surface area contributed by atoms with Gasteiger partial charge in [0.15, 0.2) is 0 Å². The topological polar surface area (TPSA) is 59.3 Å². The van der Waals surface area contributed by atoms with Crippen LogP contribution in [0, 0.1) is 10.1 Å². The lowest BCUT2D eigenvalue weighted by atomic mass is 10.3. The van der Waals surface area contributed by atoms with Gasteiger partial charge in [-0.2, -0.15) is 0 Å². The number of pyridine rings is 1. The fraction of sp³-hybridized carbons (Fsp3) is 0.444. The van der Waals surface area contributed by atoms with E-state index in [1.54, 1.807) is 0 Å². The number of rotatable bonds is 4. The van der Waals surface area contributed by atoms with E-state index in [0.29, 0.717) is 5.82 Å². The molecule has 6 heteroatoms. The molecule has 0 saturated carbocycles. The molecule has 0 atom stereocenters. The van der Waals surface area contributed by atoms with Gasteiger partial charge in [0.05, 0.1) is 17.1 Å². The molecule has 1 heterocycles. The number of aromatic nitrogens is 1. The van der Waals surface area contributed by atoms with E-state index in [-0.39, 0.29) is 10.8 Å². The highest BCUT2D eigenvalue weighted by atomic mass is 35.5. The standard InChI is InChI=1S/C9H12ClN3O2/c1-3-4-12(2)9-6-7(13(14)15)5-8(10)11-9/h5-6H,3-4H2,1-2H3. The van der Waals surface area contributed by atoms with Gasteiger partial charge in [-0.1, -0.05) is 18.5 Å². The minimum atomic E-state index is -0.475. The van der Waals surface area contributed by atoms with Crippen molar-refractivity contribution in [3.05, 3.63) is 27.4 Å². The van der Waals surface area contributed by atoms with Crippen molar-refractivity contribution in [2.24, 2.45) is 0 Å². The monoisotopic (exact) mass is 229 g/mol. The molecule has 0 aliphatic carbocycles. The zero-order valence-corrected chi connectivity index (χ0v) is 9.36. The zero-order chi connectivity index (χ0) is 11.4. The summed E-state index contributed by atoms with van der Waals surface area (Å²) in [5.41, 5.74) is -0.0343. The van der Waals surface area contributed by atoms with E-state index in [1.807, 2.05) is 18.9 Å². The Balaban J connectivity index is 3.03. The summed E-state index contributed by atoms with van der Waals surface area (Å²) >= 11 is 5.70. The van der Waals surface area contributed by atoms with Crippen LogP contribution in [-0.4, -0.2) is 23.5 Å². The smallest absolute Gasteiger partial charge is 0.276 e. The van der Waals surface area contributed by atoms with E-state index in [1.165, 1.54) is 12.1 Å². The number of nitrogens with zero attached hydrogens (tertiary/aromatic N) is 3. The summed E-state index contributed by atoms with van der Waals surface area (Å²) in [7, 11) is 1.83. The molecule has 0 spiro atoms. The molecule has 0 aromatic carbocycles. The number of hydrogen-bond acceptors (Lipinski definition) is 4. The molecular weight excluding hydrogens is 218 g/mol. The molecule has 0 bridgehead atoms. The number of hydrogen-bond donors (Lipinski definition) is 0. The molecule has 0 unspecified atom stereocenters. The van der Waals surface area contributed by atoms with Crippen LogP contribution in [0.25, 0.3) is 0 Å². The average molecular weight is 230 g/mol. The van der Waals surface area contributed by atoms with Gasteiger partial charge in [0.1, 0.15) is 11.0 Å². The second-order valence-corrected chi connectivity index (χ2v) is 3.57. The number of anilines is 1. The van der Waals surface area contributed by atoms with Crippen LogP contribution >= 0.6 is 11.6 Å². The average Bonchev–Trinajstić information content (AvgIpc) is 2.17. The second-order valence-electron chi connectivity index (χ2n) is 3.18. The van der Waals surface area contributed by atoms with Gasteiger partial charge >= 0.3 is 0 Å². The van der Waals surface area contributed by atoms with Gasteiger partial charge in [-0.25, -0.2) is 4.98 Å². The zero-order valence-electron chi connectivity index (χ0n) is 8.61. The van der Waals surface area contributed by atoms with Crippen molar-refractivity contribution in [1.82, 2.24) is 4.98 Å². The lowest BCUT2D eigenvalue weighted by molar-refractivity contribution is -0.384. The van der Waals surface area contributed by atoms with Gasteiger partial charge < -0.3 is 4.90 Å². The van der Waals surface area contributed by atoms with Gasteiger partial charge in [0, 0.05) is 13.6 Å². The summed E-state index contributed by atoms with van der Waals surface area (Å²) in [5.74, 6) is 0.524. The maximum Gasteiger partial charge on any atom is 0.276 e. The molecular formula is C9H12ClN3O2. The van der Waals surface area contributed by atoms with E-state index in [0.717, 1.165) is 13.0 Å². The Morgan fingerprint density at radius 1 is 1.60 bits per heavy atom. The summed E-state index contributed by atoms with van der Waals surface area (Å²) < 4.78 is 0. The van der Waals surface area contributed by atoms with Crippen LogP contribution in [0.15, 0.2) is 12.1 Å². The van der Waals surface area contributed by atoms with Crippen LogP contribution in [0.1, 0.15) is 13.3 Å².